The van der Waals surface area contributed by atoms with Crippen molar-refractivity contribution in [3.8, 4) is 0 Å². The maximum atomic E-state index is 13.1. The number of rotatable bonds is 4. The number of hydrogen-bond donors (Lipinski definition) is 3. The van der Waals surface area contributed by atoms with Crippen LogP contribution in [0.25, 0.3) is 0 Å². The molecule has 0 aliphatic carbocycles. The van der Waals surface area contributed by atoms with Gasteiger partial charge in [0.1, 0.15) is 11.4 Å². The SMILES string of the molecule is Cc1cnc(N[C@H]2C[C@@H](C)N(C(=O)c3ccc(C4(C)NC(=O)NC4=O)cc3)C2)c(C)c1. The molecule has 2 saturated heterocycles. The third-order valence-electron chi connectivity index (χ3n) is 6.15. The number of amides is 4. The number of aromatic nitrogens is 1. The van der Waals surface area contributed by atoms with Gasteiger partial charge in [0.05, 0.1) is 0 Å². The first-order valence-corrected chi connectivity index (χ1v) is 10.4. The monoisotopic (exact) mass is 421 g/mol. The third kappa shape index (κ3) is 3.85. The van der Waals surface area contributed by atoms with Crippen molar-refractivity contribution in [2.45, 2.75) is 51.7 Å². The van der Waals surface area contributed by atoms with Gasteiger partial charge in [-0.25, -0.2) is 9.78 Å². The Hall–Kier alpha value is -3.42. The van der Waals surface area contributed by atoms with Gasteiger partial charge in [-0.05, 0) is 62.9 Å². The predicted octanol–water partition coefficient (Wildman–Crippen LogP) is 2.47. The summed E-state index contributed by atoms with van der Waals surface area (Å²) in [6.07, 6.45) is 2.68. The van der Waals surface area contributed by atoms with Crippen LogP contribution in [0.5, 0.6) is 0 Å². The molecule has 1 unspecified atom stereocenters. The number of carbonyl (C=O) groups excluding carboxylic acids is 3. The molecular weight excluding hydrogens is 394 g/mol. The molecule has 3 heterocycles. The van der Waals surface area contributed by atoms with Gasteiger partial charge in [-0.15, -0.1) is 0 Å². The summed E-state index contributed by atoms with van der Waals surface area (Å²) in [5, 5.41) is 8.36. The van der Waals surface area contributed by atoms with Crippen molar-refractivity contribution in [2.75, 3.05) is 11.9 Å². The quantitative estimate of drug-likeness (QED) is 0.658. The Morgan fingerprint density at radius 1 is 1.23 bits per heavy atom. The molecular formula is C23H27N5O3. The van der Waals surface area contributed by atoms with E-state index in [2.05, 4.69) is 27.0 Å². The number of pyridine rings is 1. The van der Waals surface area contributed by atoms with Crippen LogP contribution in [0.3, 0.4) is 0 Å². The highest BCUT2D eigenvalue weighted by atomic mass is 16.2. The van der Waals surface area contributed by atoms with E-state index < -0.39 is 17.5 Å². The molecule has 0 bridgehead atoms. The Morgan fingerprint density at radius 2 is 1.94 bits per heavy atom. The van der Waals surface area contributed by atoms with E-state index in [0.29, 0.717) is 17.7 Å². The van der Waals surface area contributed by atoms with E-state index in [1.807, 2.05) is 31.9 Å². The first kappa shape index (κ1) is 20.8. The first-order chi connectivity index (χ1) is 14.7. The average Bonchev–Trinajstić information content (AvgIpc) is 3.22. The van der Waals surface area contributed by atoms with Crippen LogP contribution in [0.1, 0.15) is 47.3 Å². The summed E-state index contributed by atoms with van der Waals surface area (Å²) in [4.78, 5) is 43.1. The number of nitrogens with zero attached hydrogens (tertiary/aromatic N) is 2. The van der Waals surface area contributed by atoms with Crippen LogP contribution in [-0.2, 0) is 10.3 Å². The Kier molecular flexibility index (Phi) is 5.16. The minimum absolute atomic E-state index is 0.0537. The molecule has 8 heteroatoms. The molecule has 31 heavy (non-hydrogen) atoms. The second-order valence-electron chi connectivity index (χ2n) is 8.67. The zero-order valence-corrected chi connectivity index (χ0v) is 18.2. The second-order valence-corrected chi connectivity index (χ2v) is 8.67. The number of likely N-dealkylation sites (tertiary alicyclic amines) is 1. The van der Waals surface area contributed by atoms with Crippen LogP contribution in [0.15, 0.2) is 36.5 Å². The number of benzene rings is 1. The van der Waals surface area contributed by atoms with E-state index in [4.69, 9.17) is 0 Å². The molecule has 1 aromatic heterocycles. The van der Waals surface area contributed by atoms with Crippen LogP contribution in [-0.4, -0.2) is 46.4 Å². The van der Waals surface area contributed by atoms with E-state index in [9.17, 15) is 14.4 Å². The lowest BCUT2D eigenvalue weighted by molar-refractivity contribution is -0.123. The number of nitrogens with one attached hydrogen (secondary N) is 3. The number of aryl methyl sites for hydroxylation is 2. The lowest BCUT2D eigenvalue weighted by Crippen LogP contribution is -2.40. The molecule has 2 aromatic rings. The standard InChI is InChI=1S/C23H27N5O3/c1-13-9-14(2)19(24-11-13)25-18-10-15(3)28(12-18)20(29)16-5-7-17(8-6-16)23(4)21(30)26-22(31)27-23/h5-9,11,15,18H,10,12H2,1-4H3,(H,24,25)(H2,26,27,30,31)/t15-,18+,23?/m1/s1. The lowest BCUT2D eigenvalue weighted by Gasteiger charge is -2.23. The highest BCUT2D eigenvalue weighted by Crippen LogP contribution is 2.27. The molecule has 2 fully saturated rings. The van der Waals surface area contributed by atoms with E-state index in [0.717, 1.165) is 23.4 Å². The van der Waals surface area contributed by atoms with Crippen LogP contribution in [0.4, 0.5) is 10.6 Å². The molecule has 0 radical (unpaired) electrons. The van der Waals surface area contributed by atoms with Crippen molar-refractivity contribution in [1.29, 1.82) is 0 Å². The van der Waals surface area contributed by atoms with Crippen LogP contribution < -0.4 is 16.0 Å². The lowest BCUT2D eigenvalue weighted by atomic mass is 9.91. The van der Waals surface area contributed by atoms with Crippen molar-refractivity contribution in [3.05, 3.63) is 58.8 Å². The zero-order chi connectivity index (χ0) is 22.3. The molecule has 2 aliphatic heterocycles. The van der Waals surface area contributed by atoms with Gasteiger partial charge in [0.15, 0.2) is 0 Å². The maximum Gasteiger partial charge on any atom is 0.322 e. The van der Waals surface area contributed by atoms with Gasteiger partial charge in [-0.1, -0.05) is 18.2 Å². The normalized spacial score (nSPS) is 25.4. The fraction of sp³-hybridized carbons (Fsp3) is 0.391. The van der Waals surface area contributed by atoms with Gasteiger partial charge in [0.2, 0.25) is 0 Å². The second kappa shape index (κ2) is 7.68. The van der Waals surface area contributed by atoms with Gasteiger partial charge in [-0.2, -0.15) is 0 Å². The fourth-order valence-corrected chi connectivity index (χ4v) is 4.34. The molecule has 3 atom stereocenters. The molecule has 8 nitrogen and oxygen atoms in total. The molecule has 0 spiro atoms. The van der Waals surface area contributed by atoms with Crippen LogP contribution in [0, 0.1) is 13.8 Å². The summed E-state index contributed by atoms with van der Waals surface area (Å²) in [7, 11) is 0. The average molecular weight is 422 g/mol. The summed E-state index contributed by atoms with van der Waals surface area (Å²) in [6.45, 7) is 8.32. The number of carbonyl (C=O) groups is 3. The van der Waals surface area contributed by atoms with Crippen molar-refractivity contribution in [1.82, 2.24) is 20.5 Å². The van der Waals surface area contributed by atoms with E-state index >= 15 is 0 Å². The first-order valence-electron chi connectivity index (χ1n) is 10.4. The number of hydrogen-bond acceptors (Lipinski definition) is 5. The molecule has 4 amide bonds. The van der Waals surface area contributed by atoms with Crippen molar-refractivity contribution in [2.24, 2.45) is 0 Å². The molecule has 0 saturated carbocycles. The highest BCUT2D eigenvalue weighted by molar-refractivity contribution is 6.07. The number of imide groups is 1. The predicted molar refractivity (Wildman–Crippen MR) is 117 cm³/mol. The molecule has 2 aliphatic rings. The summed E-state index contributed by atoms with van der Waals surface area (Å²) >= 11 is 0. The zero-order valence-electron chi connectivity index (χ0n) is 18.2. The Balaban J connectivity index is 1.45. The van der Waals surface area contributed by atoms with E-state index in [1.165, 1.54) is 0 Å². The van der Waals surface area contributed by atoms with Crippen LogP contribution in [0.2, 0.25) is 0 Å². The summed E-state index contributed by atoms with van der Waals surface area (Å²) in [5.74, 6) is 0.396. The van der Waals surface area contributed by atoms with Gasteiger partial charge >= 0.3 is 6.03 Å². The van der Waals surface area contributed by atoms with Crippen LogP contribution >= 0.6 is 0 Å². The number of urea groups is 1. The van der Waals surface area contributed by atoms with Gasteiger partial charge in [0, 0.05) is 30.4 Å². The smallest absolute Gasteiger partial charge is 0.322 e. The van der Waals surface area contributed by atoms with Crippen molar-refractivity contribution in [3.63, 3.8) is 0 Å². The minimum atomic E-state index is -1.13. The van der Waals surface area contributed by atoms with E-state index in [-0.39, 0.29) is 18.0 Å². The summed E-state index contributed by atoms with van der Waals surface area (Å²) in [5.41, 5.74) is 2.25. The maximum absolute atomic E-state index is 13.1. The highest BCUT2D eigenvalue weighted by Gasteiger charge is 2.43. The molecule has 1 aromatic carbocycles. The van der Waals surface area contributed by atoms with Gasteiger partial charge < -0.3 is 15.5 Å². The largest absolute Gasteiger partial charge is 0.365 e. The van der Waals surface area contributed by atoms with Crippen molar-refractivity contribution < 1.29 is 14.4 Å². The Labute approximate surface area is 181 Å². The Bertz CT molecular complexity index is 1050. The molecule has 3 N–H and O–H groups in total. The summed E-state index contributed by atoms with van der Waals surface area (Å²) < 4.78 is 0. The Morgan fingerprint density at radius 3 is 2.55 bits per heavy atom. The fourth-order valence-electron chi connectivity index (χ4n) is 4.34. The van der Waals surface area contributed by atoms with Crippen molar-refractivity contribution >= 4 is 23.7 Å². The molecule has 4 rings (SSSR count). The third-order valence-corrected chi connectivity index (χ3v) is 6.15. The molecule has 162 valence electrons. The topological polar surface area (TPSA) is 103 Å². The van der Waals surface area contributed by atoms with Gasteiger partial charge in [0.25, 0.3) is 11.8 Å². The summed E-state index contributed by atoms with van der Waals surface area (Å²) in [6, 6.07) is 8.64. The minimum Gasteiger partial charge on any atom is -0.365 e. The van der Waals surface area contributed by atoms with Gasteiger partial charge in [-0.3, -0.25) is 14.9 Å². The number of anilines is 1. The van der Waals surface area contributed by atoms with E-state index in [1.54, 1.807) is 31.2 Å².